The second kappa shape index (κ2) is 7.64. The summed E-state index contributed by atoms with van der Waals surface area (Å²) in [6.45, 7) is -1.24. The Kier molecular flexibility index (Phi) is 6.28. The minimum atomic E-state index is -2.16. The molecule has 10 heteroatoms. The molecule has 136 valence electrons. The zero-order valence-corrected chi connectivity index (χ0v) is 12.2. The van der Waals surface area contributed by atoms with Crippen LogP contribution in [0.1, 0.15) is 6.42 Å². The molecule has 0 saturated carbocycles. The molecule has 2 aliphatic rings. The van der Waals surface area contributed by atoms with Crippen molar-refractivity contribution in [3.8, 4) is 0 Å². The van der Waals surface area contributed by atoms with Gasteiger partial charge in [0.1, 0.15) is 30.5 Å². The Labute approximate surface area is 131 Å². The van der Waals surface area contributed by atoms with Gasteiger partial charge in [-0.05, 0) is 6.42 Å². The lowest BCUT2D eigenvalue weighted by molar-refractivity contribution is -0.267. The van der Waals surface area contributed by atoms with Gasteiger partial charge < -0.3 is 45.2 Å². The first kappa shape index (κ1) is 18.9. The first-order valence-electron chi connectivity index (χ1n) is 7.38. The summed E-state index contributed by atoms with van der Waals surface area (Å²) in [7, 11) is 0. The monoisotopic (exact) mass is 342 g/mol. The lowest BCUT2D eigenvalue weighted by Crippen LogP contribution is -2.61. The summed E-state index contributed by atoms with van der Waals surface area (Å²) in [5.74, 6) is -0.983. The van der Waals surface area contributed by atoms with Crippen LogP contribution >= 0.6 is 0 Å². The van der Waals surface area contributed by atoms with Gasteiger partial charge in [0.2, 0.25) is 6.36 Å². The third kappa shape index (κ3) is 3.65. The molecule has 0 spiro atoms. The van der Waals surface area contributed by atoms with Crippen molar-refractivity contribution in [1.29, 1.82) is 0 Å². The molecule has 4 unspecified atom stereocenters. The van der Waals surface area contributed by atoms with Gasteiger partial charge in [0.25, 0.3) is 0 Å². The number of hydrogen-bond acceptors (Lipinski definition) is 9. The van der Waals surface area contributed by atoms with E-state index in [1.165, 1.54) is 0 Å². The molecule has 2 heterocycles. The van der Waals surface area contributed by atoms with Crippen molar-refractivity contribution in [3.05, 3.63) is 0 Å². The smallest absolute Gasteiger partial charge is 0.228 e. The molecular weight excluding hydrogens is 319 g/mol. The third-order valence-corrected chi connectivity index (χ3v) is 4.52. The summed E-state index contributed by atoms with van der Waals surface area (Å²) in [4.78, 5) is 0. The molecule has 2 rings (SSSR count). The van der Waals surface area contributed by atoms with Crippen molar-refractivity contribution in [2.24, 2.45) is 5.92 Å². The predicted octanol–water partition coefficient (Wildman–Crippen LogP) is -3.76. The first-order chi connectivity index (χ1) is 10.8. The summed E-state index contributed by atoms with van der Waals surface area (Å²) in [5.41, 5.74) is 0. The molecule has 10 atom stereocenters. The van der Waals surface area contributed by atoms with Crippen LogP contribution in [0, 0.1) is 5.92 Å². The number of rotatable bonds is 4. The molecular formula is C13H23FO9. The lowest BCUT2D eigenvalue weighted by Gasteiger charge is -2.45. The highest BCUT2D eigenvalue weighted by Crippen LogP contribution is 2.33. The summed E-state index contributed by atoms with van der Waals surface area (Å²) >= 11 is 0. The van der Waals surface area contributed by atoms with Crippen molar-refractivity contribution in [2.75, 3.05) is 13.2 Å². The van der Waals surface area contributed by atoms with Crippen LogP contribution in [0.25, 0.3) is 0 Å². The van der Waals surface area contributed by atoms with Crippen molar-refractivity contribution < 1.29 is 49.6 Å². The second-order valence-corrected chi connectivity index (χ2v) is 5.96. The minimum absolute atomic E-state index is 0.197. The predicted molar refractivity (Wildman–Crippen MR) is 70.7 cm³/mol. The topological polar surface area (TPSA) is 160 Å². The van der Waals surface area contributed by atoms with Crippen molar-refractivity contribution >= 4 is 0 Å². The number of aliphatic hydroxyl groups is 7. The number of hydrogen-bond donors (Lipinski definition) is 7. The van der Waals surface area contributed by atoms with Crippen LogP contribution in [0.4, 0.5) is 4.39 Å². The van der Waals surface area contributed by atoms with E-state index in [-0.39, 0.29) is 6.42 Å². The van der Waals surface area contributed by atoms with Crippen molar-refractivity contribution in [2.45, 2.75) is 61.6 Å². The van der Waals surface area contributed by atoms with Crippen LogP contribution in [0.3, 0.4) is 0 Å². The molecule has 2 saturated heterocycles. The normalized spacial score (nSPS) is 51.7. The fraction of sp³-hybridized carbons (Fsp3) is 1.00. The molecule has 2 fully saturated rings. The zero-order chi connectivity index (χ0) is 17.3. The average molecular weight is 342 g/mol. The summed E-state index contributed by atoms with van der Waals surface area (Å²) in [5, 5.41) is 67.4. The number of alkyl halides is 1. The third-order valence-electron chi connectivity index (χ3n) is 4.52. The van der Waals surface area contributed by atoms with E-state index in [4.69, 9.17) is 14.6 Å². The summed E-state index contributed by atoms with van der Waals surface area (Å²) in [6.07, 6.45) is -13.8. The molecule has 0 aromatic carbocycles. The van der Waals surface area contributed by atoms with E-state index in [1.807, 2.05) is 0 Å². The summed E-state index contributed by atoms with van der Waals surface area (Å²) < 4.78 is 23.5. The Morgan fingerprint density at radius 2 is 1.22 bits per heavy atom. The maximum absolute atomic E-state index is 13.4. The SMILES string of the molecule is OCC1O[C@H](C[C@@H]2C(CO)O[C@H](F)C(O)[C@H]2O)C(O)[C@@H](O)[C@@H]1O. The molecule has 0 aromatic rings. The van der Waals surface area contributed by atoms with E-state index < -0.39 is 74.3 Å². The van der Waals surface area contributed by atoms with Crippen molar-refractivity contribution in [3.63, 3.8) is 0 Å². The molecule has 23 heavy (non-hydrogen) atoms. The van der Waals surface area contributed by atoms with Crippen LogP contribution in [0.15, 0.2) is 0 Å². The van der Waals surface area contributed by atoms with Crippen LogP contribution < -0.4 is 0 Å². The Morgan fingerprint density at radius 3 is 1.78 bits per heavy atom. The lowest BCUT2D eigenvalue weighted by atomic mass is 9.81. The largest absolute Gasteiger partial charge is 0.394 e. The van der Waals surface area contributed by atoms with E-state index in [0.29, 0.717) is 0 Å². The van der Waals surface area contributed by atoms with Crippen LogP contribution in [-0.4, -0.2) is 104 Å². The molecule has 7 N–H and O–H groups in total. The Hall–Kier alpha value is -0.430. The quantitative estimate of drug-likeness (QED) is 0.272. The van der Waals surface area contributed by atoms with E-state index in [9.17, 15) is 35.0 Å². The highest BCUT2D eigenvalue weighted by Gasteiger charge is 2.49. The first-order valence-corrected chi connectivity index (χ1v) is 7.38. The van der Waals surface area contributed by atoms with Gasteiger partial charge >= 0.3 is 0 Å². The van der Waals surface area contributed by atoms with E-state index >= 15 is 0 Å². The Balaban J connectivity index is 2.11. The average Bonchev–Trinajstić information content (AvgIpc) is 2.55. The van der Waals surface area contributed by atoms with Gasteiger partial charge in [-0.1, -0.05) is 0 Å². The Bertz CT molecular complexity index is 382. The van der Waals surface area contributed by atoms with Crippen LogP contribution in [-0.2, 0) is 9.47 Å². The molecule has 0 amide bonds. The molecule has 2 aliphatic heterocycles. The summed E-state index contributed by atoms with van der Waals surface area (Å²) in [6, 6.07) is 0. The minimum Gasteiger partial charge on any atom is -0.394 e. The van der Waals surface area contributed by atoms with E-state index in [1.54, 1.807) is 0 Å². The molecule has 0 radical (unpaired) electrons. The van der Waals surface area contributed by atoms with Gasteiger partial charge in [0.15, 0.2) is 0 Å². The fourth-order valence-corrected chi connectivity index (χ4v) is 3.09. The Morgan fingerprint density at radius 1 is 0.652 bits per heavy atom. The van der Waals surface area contributed by atoms with Crippen molar-refractivity contribution in [1.82, 2.24) is 0 Å². The zero-order valence-electron chi connectivity index (χ0n) is 12.2. The number of aliphatic hydroxyl groups excluding tert-OH is 7. The molecule has 0 aliphatic carbocycles. The van der Waals surface area contributed by atoms with E-state index in [2.05, 4.69) is 0 Å². The highest BCUT2D eigenvalue weighted by atomic mass is 19.1. The maximum atomic E-state index is 13.4. The maximum Gasteiger partial charge on any atom is 0.228 e. The fourth-order valence-electron chi connectivity index (χ4n) is 3.09. The van der Waals surface area contributed by atoms with Gasteiger partial charge in [-0.25, -0.2) is 4.39 Å². The highest BCUT2D eigenvalue weighted by molar-refractivity contribution is 4.96. The van der Waals surface area contributed by atoms with Crippen LogP contribution in [0.2, 0.25) is 0 Å². The molecule has 0 aromatic heterocycles. The van der Waals surface area contributed by atoms with Gasteiger partial charge in [-0.3, -0.25) is 0 Å². The van der Waals surface area contributed by atoms with E-state index in [0.717, 1.165) is 0 Å². The molecule has 9 nitrogen and oxygen atoms in total. The number of ether oxygens (including phenoxy) is 2. The van der Waals surface area contributed by atoms with Gasteiger partial charge in [0.05, 0.1) is 31.5 Å². The van der Waals surface area contributed by atoms with Crippen LogP contribution in [0.5, 0.6) is 0 Å². The van der Waals surface area contributed by atoms with Gasteiger partial charge in [0, 0.05) is 5.92 Å². The standard InChI is InChI=1S/C13H23FO9/c14-13-12(21)8(17)4(6(2-15)23-13)1-5-9(18)11(20)10(19)7(3-16)22-5/h4-13,15-21H,1-3H2/t4-,5-,6?,7?,8+,9?,10-,11-,12?,13+/m1/s1. The van der Waals surface area contributed by atoms with Gasteiger partial charge in [-0.2, -0.15) is 0 Å². The number of halogens is 1. The molecule has 0 bridgehead atoms. The second-order valence-electron chi connectivity index (χ2n) is 5.96. The van der Waals surface area contributed by atoms with Gasteiger partial charge in [-0.15, -0.1) is 0 Å².